The summed E-state index contributed by atoms with van der Waals surface area (Å²) >= 11 is 7.47. The summed E-state index contributed by atoms with van der Waals surface area (Å²) < 4.78 is 11.8. The third-order valence-corrected chi connectivity index (χ3v) is 4.92. The SMILES string of the molecule is COc1ccc(Cl)c(OC)c1-c1cccc2sc(C(=O)O)cc12. The molecule has 2 aromatic carbocycles. The van der Waals surface area contributed by atoms with E-state index >= 15 is 0 Å². The standard InChI is InChI=1S/C17H13ClO4S/c1-21-12-7-6-11(18)16(22-2)15(12)9-4-3-5-13-10(9)8-14(23-13)17(19)20/h3-8H,1-2H3,(H,19,20). The molecular weight excluding hydrogens is 336 g/mol. The number of thiophene rings is 1. The van der Waals surface area contributed by atoms with Crippen molar-refractivity contribution >= 4 is 39.0 Å². The fraction of sp³-hybridized carbons (Fsp3) is 0.118. The van der Waals surface area contributed by atoms with Crippen molar-refractivity contribution in [2.45, 2.75) is 0 Å². The van der Waals surface area contributed by atoms with Gasteiger partial charge in [-0.25, -0.2) is 4.79 Å². The topological polar surface area (TPSA) is 55.8 Å². The molecule has 1 heterocycles. The first-order valence-electron chi connectivity index (χ1n) is 6.73. The van der Waals surface area contributed by atoms with Gasteiger partial charge in [0.15, 0.2) is 0 Å². The van der Waals surface area contributed by atoms with Crippen molar-refractivity contribution in [3.05, 3.63) is 46.3 Å². The Hall–Kier alpha value is -2.24. The van der Waals surface area contributed by atoms with Crippen LogP contribution in [0.5, 0.6) is 11.5 Å². The summed E-state index contributed by atoms with van der Waals surface area (Å²) in [6.07, 6.45) is 0. The Morgan fingerprint density at radius 3 is 2.61 bits per heavy atom. The lowest BCUT2D eigenvalue weighted by Crippen LogP contribution is -1.94. The normalized spacial score (nSPS) is 10.7. The number of carboxylic acid groups (broad SMARTS) is 1. The van der Waals surface area contributed by atoms with Crippen LogP contribution in [0.3, 0.4) is 0 Å². The highest BCUT2D eigenvalue weighted by molar-refractivity contribution is 7.20. The summed E-state index contributed by atoms with van der Waals surface area (Å²) in [7, 11) is 3.11. The second kappa shape index (κ2) is 6.10. The van der Waals surface area contributed by atoms with Gasteiger partial charge >= 0.3 is 5.97 Å². The average Bonchev–Trinajstić information content (AvgIpc) is 2.99. The van der Waals surface area contributed by atoms with Gasteiger partial charge in [0.25, 0.3) is 0 Å². The molecule has 3 aromatic rings. The second-order valence-electron chi connectivity index (χ2n) is 4.79. The van der Waals surface area contributed by atoms with Gasteiger partial charge in [-0.05, 0) is 29.8 Å². The molecule has 0 aliphatic carbocycles. The minimum absolute atomic E-state index is 0.285. The molecule has 0 unspecified atom stereocenters. The van der Waals surface area contributed by atoms with E-state index in [1.165, 1.54) is 11.3 Å². The molecule has 1 aromatic heterocycles. The van der Waals surface area contributed by atoms with Gasteiger partial charge in [-0.2, -0.15) is 0 Å². The first kappa shape index (κ1) is 15.6. The average molecular weight is 349 g/mol. The monoisotopic (exact) mass is 348 g/mol. The van der Waals surface area contributed by atoms with E-state index in [4.69, 9.17) is 21.1 Å². The highest BCUT2D eigenvalue weighted by atomic mass is 35.5. The predicted octanol–water partition coefficient (Wildman–Crippen LogP) is 4.94. The van der Waals surface area contributed by atoms with Crippen LogP contribution >= 0.6 is 22.9 Å². The molecule has 23 heavy (non-hydrogen) atoms. The zero-order valence-electron chi connectivity index (χ0n) is 12.4. The van der Waals surface area contributed by atoms with Crippen LogP contribution in [0, 0.1) is 0 Å². The van der Waals surface area contributed by atoms with Gasteiger partial charge in [0.2, 0.25) is 0 Å². The number of benzene rings is 2. The van der Waals surface area contributed by atoms with Crippen LogP contribution in [-0.2, 0) is 0 Å². The molecule has 4 nitrogen and oxygen atoms in total. The van der Waals surface area contributed by atoms with Crippen molar-refractivity contribution in [1.82, 2.24) is 0 Å². The molecule has 0 radical (unpaired) electrons. The third-order valence-electron chi connectivity index (χ3n) is 3.54. The lowest BCUT2D eigenvalue weighted by atomic mass is 9.99. The molecule has 3 rings (SSSR count). The lowest BCUT2D eigenvalue weighted by molar-refractivity contribution is 0.0702. The molecule has 0 atom stereocenters. The van der Waals surface area contributed by atoms with Gasteiger partial charge < -0.3 is 14.6 Å². The number of aromatic carboxylic acids is 1. The summed E-state index contributed by atoms with van der Waals surface area (Å²) in [5, 5.41) is 10.5. The van der Waals surface area contributed by atoms with Crippen molar-refractivity contribution in [2.24, 2.45) is 0 Å². The van der Waals surface area contributed by atoms with Gasteiger partial charge in [0.1, 0.15) is 16.4 Å². The molecule has 1 N–H and O–H groups in total. The Labute approximate surface area is 141 Å². The third kappa shape index (κ3) is 2.62. The zero-order valence-corrected chi connectivity index (χ0v) is 14.0. The highest BCUT2D eigenvalue weighted by Crippen LogP contribution is 2.46. The zero-order chi connectivity index (χ0) is 16.6. The van der Waals surface area contributed by atoms with E-state index < -0.39 is 5.97 Å². The van der Waals surface area contributed by atoms with Gasteiger partial charge in [-0.15, -0.1) is 11.3 Å². The highest BCUT2D eigenvalue weighted by Gasteiger charge is 2.20. The number of fused-ring (bicyclic) bond motifs is 1. The maximum absolute atomic E-state index is 11.3. The Bertz CT molecular complexity index is 901. The Balaban J connectivity index is 2.37. The summed E-state index contributed by atoms with van der Waals surface area (Å²) in [6.45, 7) is 0. The maximum atomic E-state index is 11.3. The maximum Gasteiger partial charge on any atom is 0.345 e. The number of carboxylic acids is 1. The number of hydrogen-bond donors (Lipinski definition) is 1. The van der Waals surface area contributed by atoms with Crippen molar-refractivity contribution in [1.29, 1.82) is 0 Å². The smallest absolute Gasteiger partial charge is 0.345 e. The molecule has 0 amide bonds. The molecule has 0 bridgehead atoms. The van der Waals surface area contributed by atoms with Crippen molar-refractivity contribution in [2.75, 3.05) is 14.2 Å². The number of ether oxygens (including phenoxy) is 2. The summed E-state index contributed by atoms with van der Waals surface area (Å²) in [6, 6.07) is 10.8. The van der Waals surface area contributed by atoms with E-state index in [-0.39, 0.29) is 4.88 Å². The lowest BCUT2D eigenvalue weighted by Gasteiger charge is -2.15. The quantitative estimate of drug-likeness (QED) is 0.725. The number of rotatable bonds is 4. The van der Waals surface area contributed by atoms with E-state index in [0.717, 1.165) is 15.6 Å². The number of carbonyl (C=O) groups is 1. The fourth-order valence-corrected chi connectivity index (χ4v) is 3.71. The first-order valence-corrected chi connectivity index (χ1v) is 7.93. The summed E-state index contributed by atoms with van der Waals surface area (Å²) in [5.74, 6) is 0.172. The van der Waals surface area contributed by atoms with Crippen LogP contribution in [-0.4, -0.2) is 25.3 Å². The van der Waals surface area contributed by atoms with Gasteiger partial charge in [-0.1, -0.05) is 23.7 Å². The summed E-state index contributed by atoms with van der Waals surface area (Å²) in [4.78, 5) is 11.5. The molecular formula is C17H13ClO4S. The van der Waals surface area contributed by atoms with E-state index in [0.29, 0.717) is 22.1 Å². The van der Waals surface area contributed by atoms with Crippen molar-refractivity contribution < 1.29 is 19.4 Å². The fourth-order valence-electron chi connectivity index (χ4n) is 2.55. The van der Waals surface area contributed by atoms with Crippen LogP contribution in [0.2, 0.25) is 5.02 Å². The van der Waals surface area contributed by atoms with Gasteiger partial charge in [0.05, 0.1) is 24.8 Å². The number of hydrogen-bond acceptors (Lipinski definition) is 4. The van der Waals surface area contributed by atoms with Gasteiger partial charge in [0, 0.05) is 10.1 Å². The Morgan fingerprint density at radius 1 is 1.17 bits per heavy atom. The summed E-state index contributed by atoms with van der Waals surface area (Å²) in [5.41, 5.74) is 1.53. The molecule has 118 valence electrons. The Morgan fingerprint density at radius 2 is 1.96 bits per heavy atom. The molecule has 0 aliphatic heterocycles. The molecule has 6 heteroatoms. The molecule has 0 saturated heterocycles. The van der Waals surface area contributed by atoms with E-state index in [9.17, 15) is 9.90 Å². The van der Waals surface area contributed by atoms with Gasteiger partial charge in [-0.3, -0.25) is 0 Å². The van der Waals surface area contributed by atoms with E-state index in [1.54, 1.807) is 32.4 Å². The Kier molecular flexibility index (Phi) is 4.15. The molecule has 0 spiro atoms. The number of halogens is 1. The first-order chi connectivity index (χ1) is 11.1. The minimum Gasteiger partial charge on any atom is -0.496 e. The molecule has 0 aliphatic rings. The van der Waals surface area contributed by atoms with Crippen molar-refractivity contribution in [3.63, 3.8) is 0 Å². The van der Waals surface area contributed by atoms with Crippen LogP contribution in [0.25, 0.3) is 21.2 Å². The van der Waals surface area contributed by atoms with Crippen LogP contribution < -0.4 is 9.47 Å². The van der Waals surface area contributed by atoms with Crippen molar-refractivity contribution in [3.8, 4) is 22.6 Å². The minimum atomic E-state index is -0.942. The van der Waals surface area contributed by atoms with E-state index in [2.05, 4.69) is 0 Å². The van der Waals surface area contributed by atoms with Crippen LogP contribution in [0.1, 0.15) is 9.67 Å². The predicted molar refractivity (Wildman–Crippen MR) is 92.3 cm³/mol. The van der Waals surface area contributed by atoms with E-state index in [1.807, 2.05) is 18.2 Å². The second-order valence-corrected chi connectivity index (χ2v) is 6.28. The molecule has 0 saturated carbocycles. The number of methoxy groups -OCH3 is 2. The molecule has 0 fully saturated rings. The van der Waals surface area contributed by atoms with Crippen LogP contribution in [0.4, 0.5) is 0 Å². The largest absolute Gasteiger partial charge is 0.496 e. The van der Waals surface area contributed by atoms with Crippen LogP contribution in [0.15, 0.2) is 36.4 Å².